The number of methoxy groups -OCH3 is 1. The van der Waals surface area contributed by atoms with Crippen LogP contribution >= 0.6 is 0 Å². The lowest BCUT2D eigenvalue weighted by atomic mass is 9.57. The van der Waals surface area contributed by atoms with Gasteiger partial charge in [0, 0.05) is 12.8 Å². The number of nitrogens with zero attached hydrogens (tertiary/aromatic N) is 1. The quantitative estimate of drug-likeness (QED) is 0.652. The van der Waals surface area contributed by atoms with E-state index in [1.54, 1.807) is 4.90 Å². The third-order valence-electron chi connectivity index (χ3n) is 7.69. The van der Waals surface area contributed by atoms with Crippen LogP contribution < -0.4 is 4.90 Å². The van der Waals surface area contributed by atoms with Gasteiger partial charge in [0.2, 0.25) is 0 Å². The van der Waals surface area contributed by atoms with E-state index in [1.807, 2.05) is 7.11 Å². The van der Waals surface area contributed by atoms with Crippen molar-refractivity contribution < 1.29 is 14.3 Å². The van der Waals surface area contributed by atoms with Gasteiger partial charge in [-0.1, -0.05) is 34.6 Å². The molecule has 0 radical (unpaired) electrons. The third kappa shape index (κ3) is 3.14. The normalized spacial score (nSPS) is 35.9. The van der Waals surface area contributed by atoms with E-state index in [4.69, 9.17) is 9.47 Å². The molecular weight excluding hydrogens is 350 g/mol. The number of carbonyl (C=O) groups is 1. The molecule has 0 bridgehead atoms. The standard InChI is InChI=1S/C24H37NO3/c1-9-21-13-25(23(26)28-21)20-11-16(4)22(17(5)12-20)24(27-8)18(6)14(2)10-15(3)19(24)7/h11-12,14-15,18-19,21H,9-10,13H2,1-8H3. The van der Waals surface area contributed by atoms with Crippen molar-refractivity contribution in [2.75, 3.05) is 18.6 Å². The van der Waals surface area contributed by atoms with E-state index in [2.05, 4.69) is 60.6 Å². The van der Waals surface area contributed by atoms with Gasteiger partial charge in [0.1, 0.15) is 6.10 Å². The minimum atomic E-state index is -0.304. The molecule has 2 aliphatic rings. The Bertz CT molecular complexity index is 706. The summed E-state index contributed by atoms with van der Waals surface area (Å²) in [7, 11) is 1.87. The van der Waals surface area contributed by atoms with Crippen molar-refractivity contribution in [3.05, 3.63) is 28.8 Å². The maximum Gasteiger partial charge on any atom is 0.414 e. The number of hydrogen-bond acceptors (Lipinski definition) is 3. The summed E-state index contributed by atoms with van der Waals surface area (Å²) < 4.78 is 11.9. The molecule has 5 unspecified atom stereocenters. The van der Waals surface area contributed by atoms with E-state index in [0.29, 0.717) is 30.2 Å². The minimum absolute atomic E-state index is 0.0156. The lowest BCUT2D eigenvalue weighted by Gasteiger charge is -2.53. The van der Waals surface area contributed by atoms with Gasteiger partial charge in [0.25, 0.3) is 0 Å². The van der Waals surface area contributed by atoms with Crippen LogP contribution in [0.3, 0.4) is 0 Å². The number of carbonyl (C=O) groups excluding carboxylic acids is 1. The van der Waals surface area contributed by atoms with Crippen LogP contribution in [0.15, 0.2) is 12.1 Å². The number of rotatable bonds is 4. The Morgan fingerprint density at radius 3 is 2.07 bits per heavy atom. The number of amides is 1. The first-order chi connectivity index (χ1) is 13.2. The predicted octanol–water partition coefficient (Wildman–Crippen LogP) is 5.83. The van der Waals surface area contributed by atoms with Crippen LogP contribution in [0.4, 0.5) is 10.5 Å². The molecule has 1 amide bonds. The fourth-order valence-corrected chi connectivity index (χ4v) is 5.84. The van der Waals surface area contributed by atoms with Crippen LogP contribution in [0.5, 0.6) is 0 Å². The van der Waals surface area contributed by atoms with Gasteiger partial charge in [-0.15, -0.1) is 0 Å². The number of cyclic esters (lactones) is 1. The Morgan fingerprint density at radius 2 is 1.64 bits per heavy atom. The van der Waals surface area contributed by atoms with Gasteiger partial charge in [-0.25, -0.2) is 4.79 Å². The Hall–Kier alpha value is -1.55. The number of hydrogen-bond donors (Lipinski definition) is 0. The van der Waals surface area contributed by atoms with Gasteiger partial charge < -0.3 is 9.47 Å². The number of ether oxygens (including phenoxy) is 2. The summed E-state index contributed by atoms with van der Waals surface area (Å²) in [4.78, 5) is 14.1. The Morgan fingerprint density at radius 1 is 1.11 bits per heavy atom. The lowest BCUT2D eigenvalue weighted by Crippen LogP contribution is -2.51. The highest BCUT2D eigenvalue weighted by Gasteiger charge is 2.52. The van der Waals surface area contributed by atoms with Crippen LogP contribution in [-0.2, 0) is 15.1 Å². The van der Waals surface area contributed by atoms with Crippen molar-refractivity contribution >= 4 is 11.8 Å². The second-order valence-corrected chi connectivity index (χ2v) is 9.24. The van der Waals surface area contributed by atoms with Crippen LogP contribution in [0.1, 0.15) is 64.2 Å². The van der Waals surface area contributed by atoms with Crippen molar-refractivity contribution in [2.24, 2.45) is 23.7 Å². The smallest absolute Gasteiger partial charge is 0.414 e. The van der Waals surface area contributed by atoms with Gasteiger partial charge in [-0.3, -0.25) is 4.90 Å². The molecule has 1 aliphatic heterocycles. The SMILES string of the molecule is CCC1CN(c2cc(C)c(C3(OC)C(C)C(C)CC(C)C3C)c(C)c2)C(=O)O1. The molecule has 0 spiro atoms. The maximum absolute atomic E-state index is 12.3. The molecule has 4 nitrogen and oxygen atoms in total. The van der Waals surface area contributed by atoms with E-state index in [1.165, 1.54) is 23.1 Å². The first-order valence-corrected chi connectivity index (χ1v) is 10.8. The monoisotopic (exact) mass is 387 g/mol. The summed E-state index contributed by atoms with van der Waals surface area (Å²) in [6.45, 7) is 16.4. The van der Waals surface area contributed by atoms with Gasteiger partial charge in [-0.2, -0.15) is 0 Å². The third-order valence-corrected chi connectivity index (χ3v) is 7.69. The van der Waals surface area contributed by atoms with Gasteiger partial charge in [0.15, 0.2) is 0 Å². The van der Waals surface area contributed by atoms with Crippen molar-refractivity contribution in [1.29, 1.82) is 0 Å². The molecule has 1 aromatic carbocycles. The fourth-order valence-electron chi connectivity index (χ4n) is 5.84. The molecule has 1 aromatic rings. The molecule has 3 rings (SSSR count). The van der Waals surface area contributed by atoms with E-state index in [9.17, 15) is 4.79 Å². The highest BCUT2D eigenvalue weighted by molar-refractivity contribution is 5.90. The zero-order valence-electron chi connectivity index (χ0n) is 18.8. The van der Waals surface area contributed by atoms with Crippen LogP contribution in [0, 0.1) is 37.5 Å². The van der Waals surface area contributed by atoms with Crippen LogP contribution in [0.25, 0.3) is 0 Å². The molecule has 4 heteroatoms. The first kappa shape index (κ1) is 21.2. The number of anilines is 1. The van der Waals surface area contributed by atoms with Gasteiger partial charge in [-0.05, 0) is 79.2 Å². The molecular formula is C24H37NO3. The topological polar surface area (TPSA) is 38.8 Å². The Kier molecular flexibility index (Phi) is 5.82. The molecule has 2 fully saturated rings. The summed E-state index contributed by atoms with van der Waals surface area (Å²) in [5, 5.41) is 0. The first-order valence-electron chi connectivity index (χ1n) is 10.8. The van der Waals surface area contributed by atoms with E-state index >= 15 is 0 Å². The fraction of sp³-hybridized carbons (Fsp3) is 0.708. The van der Waals surface area contributed by atoms with E-state index in [-0.39, 0.29) is 17.8 Å². The summed E-state index contributed by atoms with van der Waals surface area (Å²) in [6, 6.07) is 4.29. The molecule has 1 saturated carbocycles. The number of benzene rings is 1. The van der Waals surface area contributed by atoms with Crippen molar-refractivity contribution in [3.8, 4) is 0 Å². The lowest BCUT2D eigenvalue weighted by molar-refractivity contribution is -0.155. The van der Waals surface area contributed by atoms with Crippen molar-refractivity contribution in [1.82, 2.24) is 0 Å². The zero-order valence-corrected chi connectivity index (χ0v) is 18.8. The summed E-state index contributed by atoms with van der Waals surface area (Å²) in [6.07, 6.45) is 1.83. The Labute approximate surface area is 170 Å². The van der Waals surface area contributed by atoms with Gasteiger partial charge in [0.05, 0.1) is 12.1 Å². The summed E-state index contributed by atoms with van der Waals surface area (Å²) in [5.74, 6) is 2.05. The predicted molar refractivity (Wildman–Crippen MR) is 114 cm³/mol. The van der Waals surface area contributed by atoms with Crippen molar-refractivity contribution in [3.63, 3.8) is 0 Å². The van der Waals surface area contributed by atoms with Crippen molar-refractivity contribution in [2.45, 2.75) is 73.0 Å². The molecule has 1 saturated heterocycles. The van der Waals surface area contributed by atoms with E-state index < -0.39 is 0 Å². The zero-order chi connectivity index (χ0) is 20.8. The molecule has 0 aromatic heterocycles. The summed E-state index contributed by atoms with van der Waals surface area (Å²) in [5.41, 5.74) is 4.33. The average molecular weight is 388 g/mol. The molecule has 156 valence electrons. The molecule has 28 heavy (non-hydrogen) atoms. The minimum Gasteiger partial charge on any atom is -0.444 e. The largest absolute Gasteiger partial charge is 0.444 e. The average Bonchev–Trinajstić information content (AvgIpc) is 3.03. The second-order valence-electron chi connectivity index (χ2n) is 9.24. The number of aryl methyl sites for hydroxylation is 2. The van der Waals surface area contributed by atoms with E-state index in [0.717, 1.165) is 12.1 Å². The molecule has 1 heterocycles. The maximum atomic E-state index is 12.3. The molecule has 0 N–H and O–H groups in total. The van der Waals surface area contributed by atoms with Crippen LogP contribution in [0.2, 0.25) is 0 Å². The molecule has 1 aliphatic carbocycles. The Balaban J connectivity index is 2.08. The highest BCUT2D eigenvalue weighted by atomic mass is 16.6. The summed E-state index contributed by atoms with van der Waals surface area (Å²) >= 11 is 0. The highest BCUT2D eigenvalue weighted by Crippen LogP contribution is 2.54. The van der Waals surface area contributed by atoms with Gasteiger partial charge >= 0.3 is 6.09 Å². The second kappa shape index (κ2) is 7.70. The molecule has 5 atom stereocenters. The van der Waals surface area contributed by atoms with Crippen LogP contribution in [-0.4, -0.2) is 25.9 Å².